The number of carboxylic acid groups (broad SMARTS) is 1. The zero-order chi connectivity index (χ0) is 19.1. The van der Waals surface area contributed by atoms with Crippen LogP contribution in [0.5, 0.6) is 0 Å². The van der Waals surface area contributed by atoms with E-state index in [1.54, 1.807) is 39.1 Å². The molecule has 1 saturated heterocycles. The maximum atomic E-state index is 13.0. The van der Waals surface area contributed by atoms with Crippen LogP contribution in [0.3, 0.4) is 0 Å². The van der Waals surface area contributed by atoms with Crippen LogP contribution < -0.4 is 4.90 Å². The highest BCUT2D eigenvalue weighted by atomic mass is 16.5. The maximum absolute atomic E-state index is 13.0. The number of benzene rings is 1. The topological polar surface area (TPSA) is 100.0 Å². The number of carboxylic acids is 1. The Hall–Kier alpha value is -2.51. The fraction of sp³-hybridized carbons (Fsp3) is 0.421. The summed E-state index contributed by atoms with van der Waals surface area (Å²) in [6, 6.07) is 9.14. The molecule has 0 saturated carbocycles. The molecule has 2 atom stereocenters. The molecular formula is C19H22N2O5. The Morgan fingerprint density at radius 2 is 2.04 bits per heavy atom. The Labute approximate surface area is 151 Å². The number of aromatic nitrogens is 1. The second kappa shape index (κ2) is 6.34. The molecule has 2 heterocycles. The Bertz CT molecular complexity index is 860. The van der Waals surface area contributed by atoms with Crippen molar-refractivity contribution < 1.29 is 24.5 Å². The molecule has 1 aromatic heterocycles. The van der Waals surface area contributed by atoms with Gasteiger partial charge in [0.15, 0.2) is 6.10 Å². The largest absolute Gasteiger partial charge is 0.479 e. The van der Waals surface area contributed by atoms with Crippen LogP contribution in [-0.2, 0) is 14.3 Å². The lowest BCUT2D eigenvalue weighted by molar-refractivity contribution is -0.203. The Kier molecular flexibility index (Phi) is 4.46. The monoisotopic (exact) mass is 358 g/mol. The molecule has 1 aromatic carbocycles. The van der Waals surface area contributed by atoms with Crippen molar-refractivity contribution in [3.8, 4) is 0 Å². The number of fused-ring (bicyclic) bond motifs is 1. The van der Waals surface area contributed by atoms with E-state index in [9.17, 15) is 19.8 Å². The fourth-order valence-electron chi connectivity index (χ4n) is 3.19. The van der Waals surface area contributed by atoms with Gasteiger partial charge in [-0.3, -0.25) is 9.78 Å². The van der Waals surface area contributed by atoms with Gasteiger partial charge in [-0.1, -0.05) is 32.9 Å². The Balaban J connectivity index is 2.00. The first-order valence-electron chi connectivity index (χ1n) is 8.40. The average molecular weight is 358 g/mol. The lowest BCUT2D eigenvalue weighted by atomic mass is 9.72. The number of hydrogen-bond donors (Lipinski definition) is 2. The number of anilines is 1. The number of carbonyl (C=O) groups is 2. The molecule has 2 aromatic rings. The van der Waals surface area contributed by atoms with Crippen LogP contribution in [0, 0.1) is 5.41 Å². The molecule has 0 bridgehead atoms. The van der Waals surface area contributed by atoms with Gasteiger partial charge in [0.2, 0.25) is 5.60 Å². The summed E-state index contributed by atoms with van der Waals surface area (Å²) in [6.45, 7) is 5.10. The predicted molar refractivity (Wildman–Crippen MR) is 95.9 cm³/mol. The molecule has 3 rings (SSSR count). The molecular weight excluding hydrogens is 336 g/mol. The highest BCUT2D eigenvalue weighted by Gasteiger charge is 2.58. The third-order valence-electron chi connectivity index (χ3n) is 4.84. The highest BCUT2D eigenvalue weighted by Crippen LogP contribution is 2.37. The first-order chi connectivity index (χ1) is 12.2. The molecule has 0 radical (unpaired) electrons. The fourth-order valence-corrected chi connectivity index (χ4v) is 3.19. The van der Waals surface area contributed by atoms with Gasteiger partial charge in [0, 0.05) is 29.2 Å². The molecule has 7 nitrogen and oxygen atoms in total. The van der Waals surface area contributed by atoms with Gasteiger partial charge in [-0.25, -0.2) is 4.79 Å². The van der Waals surface area contributed by atoms with Gasteiger partial charge in [-0.05, 0) is 18.2 Å². The second-order valence-electron chi connectivity index (χ2n) is 7.44. The van der Waals surface area contributed by atoms with Crippen LogP contribution in [0.4, 0.5) is 5.69 Å². The predicted octanol–water partition coefficient (Wildman–Crippen LogP) is 1.83. The van der Waals surface area contributed by atoms with Crippen molar-refractivity contribution in [3.05, 3.63) is 36.5 Å². The normalized spacial score (nSPS) is 20.8. The summed E-state index contributed by atoms with van der Waals surface area (Å²) in [5.41, 5.74) is -2.13. The van der Waals surface area contributed by atoms with E-state index in [0.717, 1.165) is 10.9 Å². The van der Waals surface area contributed by atoms with Crippen molar-refractivity contribution in [2.45, 2.75) is 32.5 Å². The smallest absolute Gasteiger partial charge is 0.339 e. The van der Waals surface area contributed by atoms with Crippen LogP contribution in [-0.4, -0.2) is 51.9 Å². The third kappa shape index (κ3) is 2.83. The zero-order valence-electron chi connectivity index (χ0n) is 15.0. The molecule has 0 unspecified atom stereocenters. The summed E-state index contributed by atoms with van der Waals surface area (Å²) in [5.74, 6) is -2.06. The van der Waals surface area contributed by atoms with E-state index in [2.05, 4.69) is 4.98 Å². The minimum absolute atomic E-state index is 0.127. The van der Waals surface area contributed by atoms with Crippen molar-refractivity contribution in [2.75, 3.05) is 18.1 Å². The molecule has 1 aliphatic rings. The van der Waals surface area contributed by atoms with Crippen molar-refractivity contribution in [2.24, 2.45) is 5.41 Å². The molecule has 138 valence electrons. The first-order valence-corrected chi connectivity index (χ1v) is 8.40. The summed E-state index contributed by atoms with van der Waals surface area (Å²) < 4.78 is 5.44. The van der Waals surface area contributed by atoms with Crippen LogP contribution in [0.2, 0.25) is 0 Å². The van der Waals surface area contributed by atoms with Crippen molar-refractivity contribution >= 4 is 28.5 Å². The summed E-state index contributed by atoms with van der Waals surface area (Å²) in [4.78, 5) is 30.6. The number of amides is 1. The average Bonchev–Trinajstić information content (AvgIpc) is 2.59. The number of aliphatic hydroxyl groups is 1. The lowest BCUT2D eigenvalue weighted by Crippen LogP contribution is -2.66. The molecule has 0 aliphatic carbocycles. The van der Waals surface area contributed by atoms with Gasteiger partial charge in [0.25, 0.3) is 5.91 Å². The van der Waals surface area contributed by atoms with Gasteiger partial charge in [0.1, 0.15) is 0 Å². The zero-order valence-corrected chi connectivity index (χ0v) is 15.0. The van der Waals surface area contributed by atoms with Gasteiger partial charge >= 0.3 is 5.97 Å². The molecule has 0 spiro atoms. The van der Waals surface area contributed by atoms with Gasteiger partial charge in [-0.15, -0.1) is 0 Å². The number of nitrogens with zero attached hydrogens (tertiary/aromatic N) is 2. The van der Waals surface area contributed by atoms with E-state index in [1.165, 1.54) is 4.90 Å². The van der Waals surface area contributed by atoms with Crippen molar-refractivity contribution in [1.29, 1.82) is 0 Å². The van der Waals surface area contributed by atoms with Crippen LogP contribution in [0.25, 0.3) is 10.9 Å². The number of aliphatic carboxylic acids is 1. The van der Waals surface area contributed by atoms with Crippen molar-refractivity contribution in [3.63, 3.8) is 0 Å². The molecule has 1 fully saturated rings. The molecule has 2 N–H and O–H groups in total. The van der Waals surface area contributed by atoms with Gasteiger partial charge < -0.3 is 19.8 Å². The van der Waals surface area contributed by atoms with E-state index in [1.807, 2.05) is 18.2 Å². The minimum atomic E-state index is -2.35. The second-order valence-corrected chi connectivity index (χ2v) is 7.44. The van der Waals surface area contributed by atoms with E-state index in [4.69, 9.17) is 4.74 Å². The Morgan fingerprint density at radius 1 is 1.31 bits per heavy atom. The highest BCUT2D eigenvalue weighted by molar-refractivity contribution is 6.02. The number of pyridine rings is 1. The number of ether oxygens (including phenoxy) is 1. The van der Waals surface area contributed by atoms with Gasteiger partial charge in [0.05, 0.1) is 12.1 Å². The van der Waals surface area contributed by atoms with Crippen LogP contribution >= 0.6 is 0 Å². The molecule has 26 heavy (non-hydrogen) atoms. The Morgan fingerprint density at radius 3 is 2.69 bits per heavy atom. The lowest BCUT2D eigenvalue weighted by Gasteiger charge is -2.44. The molecule has 1 aliphatic heterocycles. The van der Waals surface area contributed by atoms with Crippen molar-refractivity contribution in [1.82, 2.24) is 4.98 Å². The number of rotatable bonds is 3. The van der Waals surface area contributed by atoms with E-state index in [0.29, 0.717) is 5.69 Å². The summed E-state index contributed by atoms with van der Waals surface area (Å²) in [6.07, 6.45) is 0.173. The maximum Gasteiger partial charge on any atom is 0.339 e. The minimum Gasteiger partial charge on any atom is -0.479 e. The van der Waals surface area contributed by atoms with Crippen LogP contribution in [0.15, 0.2) is 36.5 Å². The van der Waals surface area contributed by atoms with E-state index < -0.39 is 29.0 Å². The van der Waals surface area contributed by atoms with E-state index in [-0.39, 0.29) is 13.2 Å². The number of hydrogen-bond acceptors (Lipinski definition) is 5. The standard InChI is InChI=1S/C19H22N2O5/c1-18(2,3)19(25,17(23)24)15-16(22)21(9-10-26-15)13-7-6-12-5-4-8-20-14(12)11-13/h4-8,11,15,25H,9-10H2,1-3H3,(H,23,24)/t15-,19+/m0/s1. The van der Waals surface area contributed by atoms with E-state index >= 15 is 0 Å². The molecule has 7 heteroatoms. The number of carbonyl (C=O) groups excluding carboxylic acids is 1. The molecule has 1 amide bonds. The summed E-state index contributed by atoms with van der Waals surface area (Å²) in [5, 5.41) is 21.4. The first kappa shape index (κ1) is 18.3. The summed E-state index contributed by atoms with van der Waals surface area (Å²) in [7, 11) is 0. The number of morpholine rings is 1. The SMILES string of the molecule is CC(C)(C)[C@](O)(C(=O)O)[C@H]1OCCN(c2ccc3cccnc3c2)C1=O. The third-order valence-corrected chi connectivity index (χ3v) is 4.84. The van der Waals surface area contributed by atoms with Crippen LogP contribution in [0.1, 0.15) is 20.8 Å². The quantitative estimate of drug-likeness (QED) is 0.868. The summed E-state index contributed by atoms with van der Waals surface area (Å²) >= 11 is 0. The van der Waals surface area contributed by atoms with Gasteiger partial charge in [-0.2, -0.15) is 0 Å².